The summed E-state index contributed by atoms with van der Waals surface area (Å²) in [5.74, 6) is -1.29. The topological polar surface area (TPSA) is 102 Å². The maximum atomic E-state index is 12.5. The van der Waals surface area contributed by atoms with Crippen LogP contribution in [-0.2, 0) is 16.1 Å². The Morgan fingerprint density at radius 3 is 2.42 bits per heavy atom. The molecule has 3 rings (SSSR count). The lowest BCUT2D eigenvalue weighted by Gasteiger charge is -2.22. The molecule has 2 aromatic rings. The highest BCUT2D eigenvalue weighted by Crippen LogP contribution is 2.18. The molecule has 1 aromatic carbocycles. The van der Waals surface area contributed by atoms with Crippen LogP contribution in [0.4, 0.5) is 4.79 Å². The van der Waals surface area contributed by atoms with Crippen LogP contribution in [0.2, 0.25) is 0 Å². The number of esters is 1. The summed E-state index contributed by atoms with van der Waals surface area (Å²) < 4.78 is 6.88. The number of benzene rings is 1. The number of urea groups is 1. The molecule has 1 aliphatic carbocycles. The number of nitrogens with one attached hydrogen (secondary N) is 2. The molecule has 166 valence electrons. The van der Waals surface area contributed by atoms with Crippen molar-refractivity contribution in [2.75, 3.05) is 6.61 Å². The van der Waals surface area contributed by atoms with Gasteiger partial charge in [-0.3, -0.25) is 14.8 Å². The molecule has 2 N–H and O–H groups in total. The molecule has 1 aliphatic rings. The van der Waals surface area contributed by atoms with Crippen LogP contribution in [0.5, 0.6) is 0 Å². The van der Waals surface area contributed by atoms with E-state index in [1.54, 1.807) is 18.5 Å². The van der Waals surface area contributed by atoms with E-state index in [9.17, 15) is 14.4 Å². The zero-order valence-corrected chi connectivity index (χ0v) is 18.4. The first-order valence-corrected chi connectivity index (χ1v) is 10.7. The van der Waals surface area contributed by atoms with Crippen LogP contribution in [0.15, 0.2) is 24.3 Å². The second kappa shape index (κ2) is 10.2. The van der Waals surface area contributed by atoms with Crippen LogP contribution in [0, 0.1) is 20.8 Å². The molecule has 0 unspecified atom stereocenters. The van der Waals surface area contributed by atoms with Gasteiger partial charge in [-0.15, -0.1) is 0 Å². The van der Waals surface area contributed by atoms with Gasteiger partial charge in [0.1, 0.15) is 5.56 Å². The van der Waals surface area contributed by atoms with Crippen LogP contribution in [0.3, 0.4) is 0 Å². The van der Waals surface area contributed by atoms with Crippen molar-refractivity contribution in [3.63, 3.8) is 0 Å². The fraction of sp³-hybridized carbons (Fsp3) is 0.478. The Bertz CT molecular complexity index is 943. The molecule has 1 aromatic heterocycles. The smallest absolute Gasteiger partial charge is 0.342 e. The SMILES string of the molecule is Cc1ccc(Cn2nc(C)c(C(=O)OCC(=O)NC(=O)NC3CCCCC3)c2C)cc1. The Kier molecular flexibility index (Phi) is 7.44. The van der Waals surface area contributed by atoms with Crippen molar-refractivity contribution in [3.8, 4) is 0 Å². The molecule has 3 amide bonds. The van der Waals surface area contributed by atoms with Crippen molar-refractivity contribution in [2.24, 2.45) is 0 Å². The van der Waals surface area contributed by atoms with Gasteiger partial charge in [0.2, 0.25) is 0 Å². The Morgan fingerprint density at radius 1 is 1.06 bits per heavy atom. The van der Waals surface area contributed by atoms with Gasteiger partial charge in [-0.25, -0.2) is 9.59 Å². The Balaban J connectivity index is 1.52. The van der Waals surface area contributed by atoms with E-state index in [0.29, 0.717) is 23.5 Å². The minimum Gasteiger partial charge on any atom is -0.452 e. The highest BCUT2D eigenvalue weighted by Gasteiger charge is 2.22. The van der Waals surface area contributed by atoms with Gasteiger partial charge >= 0.3 is 12.0 Å². The van der Waals surface area contributed by atoms with Crippen molar-refractivity contribution in [3.05, 3.63) is 52.3 Å². The summed E-state index contributed by atoms with van der Waals surface area (Å²) in [4.78, 5) is 36.5. The second-order valence-corrected chi connectivity index (χ2v) is 8.12. The monoisotopic (exact) mass is 426 g/mol. The highest BCUT2D eigenvalue weighted by molar-refractivity contribution is 5.97. The van der Waals surface area contributed by atoms with Gasteiger partial charge in [0.05, 0.1) is 17.9 Å². The molecule has 1 heterocycles. The summed E-state index contributed by atoms with van der Waals surface area (Å²) in [5, 5.41) is 9.45. The summed E-state index contributed by atoms with van der Waals surface area (Å²) in [5.41, 5.74) is 3.78. The Labute approximate surface area is 182 Å². The van der Waals surface area contributed by atoms with Crippen molar-refractivity contribution >= 4 is 17.9 Å². The standard InChI is InChI=1S/C23H30N4O4/c1-15-9-11-18(12-10-15)13-27-17(3)21(16(2)26-27)22(29)31-14-20(28)25-23(30)24-19-7-5-4-6-8-19/h9-12,19H,4-8,13-14H2,1-3H3,(H2,24,25,28,30). The summed E-state index contributed by atoms with van der Waals surface area (Å²) in [6.07, 6.45) is 5.16. The van der Waals surface area contributed by atoms with E-state index in [1.807, 2.05) is 31.2 Å². The summed E-state index contributed by atoms with van der Waals surface area (Å²) in [7, 11) is 0. The fourth-order valence-corrected chi connectivity index (χ4v) is 3.85. The number of amides is 3. The van der Waals surface area contributed by atoms with Crippen LogP contribution in [0.25, 0.3) is 0 Å². The second-order valence-electron chi connectivity index (χ2n) is 8.12. The van der Waals surface area contributed by atoms with Crippen molar-refractivity contribution in [1.82, 2.24) is 20.4 Å². The van der Waals surface area contributed by atoms with E-state index in [-0.39, 0.29) is 6.04 Å². The minimum atomic E-state index is -0.663. The minimum absolute atomic E-state index is 0.0915. The van der Waals surface area contributed by atoms with Gasteiger partial charge in [0, 0.05) is 6.04 Å². The van der Waals surface area contributed by atoms with Gasteiger partial charge in [-0.1, -0.05) is 49.1 Å². The number of aryl methyl sites for hydroxylation is 2. The molecule has 0 saturated heterocycles. The maximum Gasteiger partial charge on any atom is 0.342 e. The average Bonchev–Trinajstić information content (AvgIpc) is 3.01. The predicted octanol–water partition coefficient (Wildman–Crippen LogP) is 3.17. The van der Waals surface area contributed by atoms with Crippen molar-refractivity contribution in [2.45, 2.75) is 65.5 Å². The number of carbonyl (C=O) groups is 3. The van der Waals surface area contributed by atoms with E-state index < -0.39 is 24.5 Å². The van der Waals surface area contributed by atoms with Gasteiger partial charge in [-0.05, 0) is 39.2 Å². The number of nitrogens with zero attached hydrogens (tertiary/aromatic N) is 2. The zero-order chi connectivity index (χ0) is 22.4. The molecule has 0 radical (unpaired) electrons. The zero-order valence-electron chi connectivity index (χ0n) is 18.4. The van der Waals surface area contributed by atoms with E-state index >= 15 is 0 Å². The van der Waals surface area contributed by atoms with Crippen LogP contribution in [-0.4, -0.2) is 40.3 Å². The third kappa shape index (κ3) is 6.16. The number of carbonyl (C=O) groups excluding carboxylic acids is 3. The lowest BCUT2D eigenvalue weighted by molar-refractivity contribution is -0.123. The van der Waals surface area contributed by atoms with Crippen molar-refractivity contribution < 1.29 is 19.1 Å². The maximum absolute atomic E-state index is 12.5. The molecule has 0 aliphatic heterocycles. The number of imide groups is 1. The Hall–Kier alpha value is -3.16. The van der Waals surface area contributed by atoms with Gasteiger partial charge in [0.25, 0.3) is 5.91 Å². The number of hydrogen-bond acceptors (Lipinski definition) is 5. The molecule has 1 fully saturated rings. The van der Waals surface area contributed by atoms with E-state index in [2.05, 4.69) is 15.7 Å². The first-order valence-electron chi connectivity index (χ1n) is 10.7. The normalized spacial score (nSPS) is 14.2. The average molecular weight is 427 g/mol. The third-order valence-corrected chi connectivity index (χ3v) is 5.57. The Morgan fingerprint density at radius 2 is 1.74 bits per heavy atom. The number of hydrogen-bond donors (Lipinski definition) is 2. The number of aromatic nitrogens is 2. The first kappa shape index (κ1) is 22.5. The van der Waals surface area contributed by atoms with Crippen LogP contribution in [0.1, 0.15) is 65.0 Å². The molecule has 0 atom stereocenters. The van der Waals surface area contributed by atoms with E-state index in [1.165, 1.54) is 12.0 Å². The largest absolute Gasteiger partial charge is 0.452 e. The van der Waals surface area contributed by atoms with Crippen LogP contribution >= 0.6 is 0 Å². The first-order chi connectivity index (χ1) is 14.8. The lowest BCUT2D eigenvalue weighted by atomic mass is 9.96. The summed E-state index contributed by atoms with van der Waals surface area (Å²) in [6.45, 7) is 5.55. The molecular weight excluding hydrogens is 396 g/mol. The van der Waals surface area contributed by atoms with Crippen LogP contribution < -0.4 is 10.6 Å². The molecule has 31 heavy (non-hydrogen) atoms. The molecule has 1 saturated carbocycles. The van der Waals surface area contributed by atoms with Crippen molar-refractivity contribution in [1.29, 1.82) is 0 Å². The summed E-state index contributed by atoms with van der Waals surface area (Å²) >= 11 is 0. The quantitative estimate of drug-likeness (QED) is 0.691. The highest BCUT2D eigenvalue weighted by atomic mass is 16.5. The van der Waals surface area contributed by atoms with E-state index in [0.717, 1.165) is 31.2 Å². The van der Waals surface area contributed by atoms with E-state index in [4.69, 9.17) is 4.74 Å². The molecule has 8 nitrogen and oxygen atoms in total. The molecule has 0 bridgehead atoms. The predicted molar refractivity (Wildman–Crippen MR) is 116 cm³/mol. The number of rotatable bonds is 6. The molecular formula is C23H30N4O4. The van der Waals surface area contributed by atoms with Gasteiger partial charge < -0.3 is 10.1 Å². The van der Waals surface area contributed by atoms with Gasteiger partial charge in [0.15, 0.2) is 6.61 Å². The number of ether oxygens (including phenoxy) is 1. The summed E-state index contributed by atoms with van der Waals surface area (Å²) in [6, 6.07) is 7.64. The fourth-order valence-electron chi connectivity index (χ4n) is 3.85. The molecule has 0 spiro atoms. The van der Waals surface area contributed by atoms with Gasteiger partial charge in [-0.2, -0.15) is 5.10 Å². The third-order valence-electron chi connectivity index (χ3n) is 5.57. The lowest BCUT2D eigenvalue weighted by Crippen LogP contribution is -2.46. The molecule has 8 heteroatoms.